The van der Waals surface area contributed by atoms with Gasteiger partial charge in [-0.15, -0.1) is 11.6 Å². The molecule has 0 aliphatic heterocycles. The van der Waals surface area contributed by atoms with E-state index >= 15 is 0 Å². The minimum absolute atomic E-state index is 0.0324. The maximum Gasteiger partial charge on any atom is 0.416 e. The molecule has 0 saturated heterocycles. The molecule has 0 radical (unpaired) electrons. The molecule has 2 amide bonds. The Hall–Kier alpha value is -3.32. The Bertz CT molecular complexity index is 1260. The second kappa shape index (κ2) is 11.7. The number of carbonyl (C=O) groups excluding carboxylic acids is 2. The predicted molar refractivity (Wildman–Crippen MR) is 150 cm³/mol. The van der Waals surface area contributed by atoms with Gasteiger partial charge in [0, 0.05) is 6.54 Å². The summed E-state index contributed by atoms with van der Waals surface area (Å²) < 4.78 is 39.4. The van der Waals surface area contributed by atoms with Crippen molar-refractivity contribution < 1.29 is 22.8 Å². The number of carbonyl (C=O) groups is 2. The van der Waals surface area contributed by atoms with Crippen molar-refractivity contribution in [2.24, 2.45) is 11.3 Å². The Morgan fingerprint density at radius 1 is 0.900 bits per heavy atom. The van der Waals surface area contributed by atoms with Crippen LogP contribution in [0.25, 0.3) is 0 Å². The molecule has 0 aromatic heterocycles. The summed E-state index contributed by atoms with van der Waals surface area (Å²) in [6.45, 7) is 6.26. The lowest BCUT2D eigenvalue weighted by atomic mass is 9.57. The van der Waals surface area contributed by atoms with E-state index in [0.29, 0.717) is 18.4 Å². The Balaban J connectivity index is 1.71. The largest absolute Gasteiger partial charge is 0.416 e. The summed E-state index contributed by atoms with van der Waals surface area (Å²) in [5, 5.41) is 3.21. The van der Waals surface area contributed by atoms with Crippen LogP contribution in [-0.2, 0) is 22.3 Å². The average Bonchev–Trinajstić information content (AvgIpc) is 2.90. The van der Waals surface area contributed by atoms with Crippen LogP contribution in [0.2, 0.25) is 0 Å². The lowest BCUT2D eigenvalue weighted by Crippen LogP contribution is -2.68. The van der Waals surface area contributed by atoms with Gasteiger partial charge in [-0.05, 0) is 53.0 Å². The number of benzene rings is 3. The van der Waals surface area contributed by atoms with E-state index in [9.17, 15) is 22.8 Å². The Morgan fingerprint density at radius 3 is 1.82 bits per heavy atom. The molecule has 0 unspecified atom stereocenters. The number of rotatable bonds is 8. The molecule has 3 aromatic carbocycles. The molecule has 4 nitrogen and oxygen atoms in total. The van der Waals surface area contributed by atoms with Gasteiger partial charge in [0.05, 0.1) is 11.6 Å². The highest BCUT2D eigenvalue weighted by Crippen LogP contribution is 2.51. The molecule has 212 valence electrons. The maximum atomic E-state index is 14.3. The second-order valence-electron chi connectivity index (χ2n) is 11.5. The molecule has 1 saturated carbocycles. The topological polar surface area (TPSA) is 49.4 Å². The van der Waals surface area contributed by atoms with Gasteiger partial charge >= 0.3 is 6.18 Å². The van der Waals surface area contributed by atoms with Crippen molar-refractivity contribution in [3.8, 4) is 0 Å². The van der Waals surface area contributed by atoms with Crippen molar-refractivity contribution >= 4 is 23.4 Å². The third kappa shape index (κ3) is 6.35. The SMILES string of the molecule is CC(C)(C)C1CC(C(=O)NC(c2ccccc2)c2ccccc2)(N(Cc2ccc(C(F)(F)F)cc2)C(=O)CCl)C1. The normalized spacial score (nSPS) is 19.1. The van der Waals surface area contributed by atoms with Crippen LogP contribution in [0, 0.1) is 11.3 Å². The molecular weight excluding hydrogens is 537 g/mol. The molecule has 8 heteroatoms. The second-order valence-corrected chi connectivity index (χ2v) is 11.8. The number of amides is 2. The minimum atomic E-state index is -4.47. The molecule has 1 aliphatic rings. The smallest absolute Gasteiger partial charge is 0.343 e. The first-order valence-electron chi connectivity index (χ1n) is 13.3. The summed E-state index contributed by atoms with van der Waals surface area (Å²) in [5.41, 5.74) is 0.189. The third-order valence-corrected chi connectivity index (χ3v) is 8.14. The molecule has 1 fully saturated rings. The van der Waals surface area contributed by atoms with Gasteiger partial charge in [0.25, 0.3) is 0 Å². The zero-order chi connectivity index (χ0) is 29.1. The van der Waals surface area contributed by atoms with Gasteiger partial charge in [0.15, 0.2) is 0 Å². The zero-order valence-corrected chi connectivity index (χ0v) is 23.6. The summed E-state index contributed by atoms with van der Waals surface area (Å²) in [4.78, 5) is 29.1. The molecule has 0 heterocycles. The molecule has 0 spiro atoms. The fourth-order valence-corrected chi connectivity index (χ4v) is 5.49. The molecular formula is C32H34ClF3N2O2. The van der Waals surface area contributed by atoms with Crippen LogP contribution in [0.5, 0.6) is 0 Å². The lowest BCUT2D eigenvalue weighted by Gasteiger charge is -2.56. The van der Waals surface area contributed by atoms with Gasteiger partial charge in [-0.3, -0.25) is 9.59 Å². The first-order valence-corrected chi connectivity index (χ1v) is 13.8. The maximum absolute atomic E-state index is 14.3. The fraction of sp³-hybridized carbons (Fsp3) is 0.375. The monoisotopic (exact) mass is 570 g/mol. The molecule has 40 heavy (non-hydrogen) atoms. The van der Waals surface area contributed by atoms with E-state index in [2.05, 4.69) is 26.1 Å². The molecule has 0 bridgehead atoms. The van der Waals surface area contributed by atoms with Gasteiger partial charge in [0.1, 0.15) is 11.4 Å². The first kappa shape index (κ1) is 29.7. The number of nitrogens with one attached hydrogen (secondary N) is 1. The van der Waals surface area contributed by atoms with Crippen molar-refractivity contribution in [3.63, 3.8) is 0 Å². The number of halogens is 4. The van der Waals surface area contributed by atoms with Crippen LogP contribution < -0.4 is 5.32 Å². The van der Waals surface area contributed by atoms with Crippen molar-refractivity contribution in [1.29, 1.82) is 0 Å². The van der Waals surface area contributed by atoms with E-state index in [0.717, 1.165) is 23.3 Å². The number of hydrogen-bond acceptors (Lipinski definition) is 2. The van der Waals surface area contributed by atoms with Crippen LogP contribution in [-0.4, -0.2) is 28.1 Å². The lowest BCUT2D eigenvalue weighted by molar-refractivity contribution is -0.162. The zero-order valence-electron chi connectivity index (χ0n) is 22.8. The van der Waals surface area contributed by atoms with Crippen molar-refractivity contribution in [2.45, 2.75) is 57.9 Å². The van der Waals surface area contributed by atoms with E-state index in [1.165, 1.54) is 17.0 Å². The fourth-order valence-electron chi connectivity index (χ4n) is 5.34. The Morgan fingerprint density at radius 2 is 1.40 bits per heavy atom. The summed E-state index contributed by atoms with van der Waals surface area (Å²) in [5.74, 6) is -0.948. The summed E-state index contributed by atoms with van der Waals surface area (Å²) in [7, 11) is 0. The highest BCUT2D eigenvalue weighted by atomic mass is 35.5. The Labute approximate surface area is 238 Å². The van der Waals surface area contributed by atoms with Gasteiger partial charge < -0.3 is 10.2 Å². The third-order valence-electron chi connectivity index (χ3n) is 7.91. The van der Waals surface area contributed by atoms with Crippen molar-refractivity contribution in [2.75, 3.05) is 5.88 Å². The molecule has 3 aromatic rings. The molecule has 4 rings (SSSR count). The van der Waals surface area contributed by atoms with Crippen LogP contribution in [0.15, 0.2) is 84.9 Å². The van der Waals surface area contributed by atoms with Crippen LogP contribution in [0.4, 0.5) is 13.2 Å². The summed E-state index contributed by atoms with van der Waals surface area (Å²) >= 11 is 6.04. The summed E-state index contributed by atoms with van der Waals surface area (Å²) in [6, 6.07) is 23.4. The molecule has 0 atom stereocenters. The van der Waals surface area contributed by atoms with Crippen molar-refractivity contribution in [1.82, 2.24) is 10.2 Å². The predicted octanol–water partition coefficient (Wildman–Crippen LogP) is 7.37. The van der Waals surface area contributed by atoms with Gasteiger partial charge in [-0.2, -0.15) is 13.2 Å². The average molecular weight is 571 g/mol. The minimum Gasteiger partial charge on any atom is -0.343 e. The van der Waals surface area contributed by atoms with E-state index in [4.69, 9.17) is 11.6 Å². The quantitative estimate of drug-likeness (QED) is 0.287. The molecule has 1 N–H and O–H groups in total. The number of hydrogen-bond donors (Lipinski definition) is 1. The number of nitrogens with zero attached hydrogens (tertiary/aromatic N) is 1. The summed E-state index contributed by atoms with van der Waals surface area (Å²) in [6.07, 6.45) is -3.63. The molecule has 1 aliphatic carbocycles. The van der Waals surface area contributed by atoms with Crippen molar-refractivity contribution in [3.05, 3.63) is 107 Å². The Kier molecular flexibility index (Phi) is 8.64. The highest BCUT2D eigenvalue weighted by Gasteiger charge is 2.58. The van der Waals surface area contributed by atoms with Crippen LogP contribution in [0.1, 0.15) is 61.9 Å². The van der Waals surface area contributed by atoms with Gasteiger partial charge in [-0.25, -0.2) is 0 Å². The number of alkyl halides is 4. The van der Waals surface area contributed by atoms with E-state index < -0.39 is 29.2 Å². The van der Waals surface area contributed by atoms with Crippen LogP contribution in [0.3, 0.4) is 0 Å². The van der Waals surface area contributed by atoms with E-state index in [-0.39, 0.29) is 29.7 Å². The van der Waals surface area contributed by atoms with E-state index in [1.807, 2.05) is 60.7 Å². The van der Waals surface area contributed by atoms with E-state index in [1.54, 1.807) is 0 Å². The van der Waals surface area contributed by atoms with Gasteiger partial charge in [0.2, 0.25) is 11.8 Å². The van der Waals surface area contributed by atoms with Gasteiger partial charge in [-0.1, -0.05) is 93.6 Å². The highest BCUT2D eigenvalue weighted by molar-refractivity contribution is 6.27. The van der Waals surface area contributed by atoms with Crippen LogP contribution >= 0.6 is 11.6 Å². The standard InChI is InChI=1S/C32H34ClF3N2O2/c1-30(2,3)26-18-31(19-26,38(27(39)20-33)21-22-14-16-25(17-15-22)32(34,35)36)29(40)37-28(23-10-6-4-7-11-23)24-12-8-5-9-13-24/h4-17,26,28H,18-21H2,1-3H3,(H,37,40). The first-order chi connectivity index (χ1) is 18.8.